The van der Waals surface area contributed by atoms with Gasteiger partial charge in [-0.05, 0) is 55.0 Å². The van der Waals surface area contributed by atoms with E-state index in [1.54, 1.807) is 12.0 Å². The number of benzene rings is 2. The first-order valence-electron chi connectivity index (χ1n) is 9.45. The molecule has 0 aliphatic carbocycles. The zero-order valence-corrected chi connectivity index (χ0v) is 16.1. The second-order valence-electron chi connectivity index (χ2n) is 7.42. The molecule has 2 N–H and O–H groups in total. The van der Waals surface area contributed by atoms with E-state index in [9.17, 15) is 9.90 Å². The number of ether oxygens (including phenoxy) is 1. The fraction of sp³-hybridized carbons (Fsp3) is 0.409. The van der Waals surface area contributed by atoms with E-state index in [-0.39, 0.29) is 6.03 Å². The van der Waals surface area contributed by atoms with Gasteiger partial charge in [-0.15, -0.1) is 0 Å². The Morgan fingerprint density at radius 1 is 1.07 bits per heavy atom. The average molecular weight is 368 g/mol. The molecule has 0 spiro atoms. The molecule has 5 heteroatoms. The lowest BCUT2D eigenvalue weighted by Gasteiger charge is -2.23. The van der Waals surface area contributed by atoms with E-state index in [1.165, 1.54) is 0 Å². The molecule has 1 fully saturated rings. The molecule has 0 saturated carbocycles. The summed E-state index contributed by atoms with van der Waals surface area (Å²) in [6.45, 7) is 3.63. The maximum absolute atomic E-state index is 12.4. The summed E-state index contributed by atoms with van der Waals surface area (Å²) < 4.78 is 5.19. The van der Waals surface area contributed by atoms with Crippen molar-refractivity contribution in [2.24, 2.45) is 0 Å². The highest BCUT2D eigenvalue weighted by molar-refractivity contribution is 5.74. The molecule has 1 atom stereocenters. The van der Waals surface area contributed by atoms with E-state index < -0.39 is 5.60 Å². The van der Waals surface area contributed by atoms with Crippen molar-refractivity contribution in [1.82, 2.24) is 10.2 Å². The first-order chi connectivity index (χ1) is 13.0. The number of methoxy groups -OCH3 is 1. The minimum Gasteiger partial charge on any atom is -0.497 e. The Hall–Kier alpha value is -2.53. The summed E-state index contributed by atoms with van der Waals surface area (Å²) in [6.07, 6.45) is 2.19. The Labute approximate surface area is 161 Å². The molecule has 5 nitrogen and oxygen atoms in total. The molecule has 2 aromatic rings. The number of nitrogens with one attached hydrogen (secondary N) is 1. The van der Waals surface area contributed by atoms with Gasteiger partial charge in [-0.3, -0.25) is 0 Å². The number of nitrogens with zero attached hydrogens (tertiary/aromatic N) is 1. The highest BCUT2D eigenvalue weighted by Crippen LogP contribution is 2.23. The van der Waals surface area contributed by atoms with E-state index in [0.29, 0.717) is 26.1 Å². The summed E-state index contributed by atoms with van der Waals surface area (Å²) >= 11 is 0. The number of amides is 2. The molecule has 1 aliphatic heterocycles. The molecular weight excluding hydrogens is 340 g/mol. The molecule has 3 rings (SSSR count). The van der Waals surface area contributed by atoms with Crippen molar-refractivity contribution in [1.29, 1.82) is 0 Å². The van der Waals surface area contributed by atoms with Gasteiger partial charge in [0.15, 0.2) is 0 Å². The molecule has 27 heavy (non-hydrogen) atoms. The van der Waals surface area contributed by atoms with Crippen LogP contribution in [0.2, 0.25) is 0 Å². The molecule has 0 radical (unpaired) electrons. The number of hydrogen-bond acceptors (Lipinski definition) is 3. The fourth-order valence-corrected chi connectivity index (χ4v) is 3.35. The number of urea groups is 1. The molecule has 1 heterocycles. The first kappa shape index (κ1) is 19.2. The van der Waals surface area contributed by atoms with Crippen molar-refractivity contribution in [3.8, 4) is 16.9 Å². The number of carbonyl (C=O) groups is 1. The van der Waals surface area contributed by atoms with E-state index >= 15 is 0 Å². The molecule has 1 aliphatic rings. The lowest BCUT2D eigenvalue weighted by molar-refractivity contribution is 0.0457. The minimum absolute atomic E-state index is 0.0630. The first-order valence-corrected chi connectivity index (χ1v) is 9.45. The maximum atomic E-state index is 12.4. The standard InChI is InChI=1S/C22H28N2O3/c1-22(26)12-3-14-24(15-13-22)21(25)23-16-17-4-6-18(7-5-17)19-8-10-20(27-2)11-9-19/h4-11,26H,3,12-16H2,1-2H3,(H,23,25). The normalized spacial score (nSPS) is 20.0. The monoisotopic (exact) mass is 368 g/mol. The molecule has 1 saturated heterocycles. The van der Waals surface area contributed by atoms with Gasteiger partial charge >= 0.3 is 6.03 Å². The van der Waals surface area contributed by atoms with Gasteiger partial charge in [-0.2, -0.15) is 0 Å². The number of aliphatic hydroxyl groups is 1. The van der Waals surface area contributed by atoms with Crippen LogP contribution in [-0.2, 0) is 6.54 Å². The van der Waals surface area contributed by atoms with Crippen molar-refractivity contribution < 1.29 is 14.6 Å². The van der Waals surface area contributed by atoms with Crippen LogP contribution in [0.4, 0.5) is 4.79 Å². The lowest BCUT2D eigenvalue weighted by atomic mass is 9.98. The van der Waals surface area contributed by atoms with Crippen LogP contribution in [0.3, 0.4) is 0 Å². The van der Waals surface area contributed by atoms with Crippen LogP contribution >= 0.6 is 0 Å². The zero-order valence-electron chi connectivity index (χ0n) is 16.1. The van der Waals surface area contributed by atoms with Crippen LogP contribution in [-0.4, -0.2) is 41.8 Å². The molecule has 144 valence electrons. The van der Waals surface area contributed by atoms with Crippen LogP contribution in [0.5, 0.6) is 5.75 Å². The Bertz CT molecular complexity index is 754. The Morgan fingerprint density at radius 3 is 2.33 bits per heavy atom. The van der Waals surface area contributed by atoms with E-state index in [4.69, 9.17) is 4.74 Å². The zero-order chi connectivity index (χ0) is 19.3. The Morgan fingerprint density at radius 2 is 1.70 bits per heavy atom. The van der Waals surface area contributed by atoms with Gasteiger partial charge in [0, 0.05) is 19.6 Å². The topological polar surface area (TPSA) is 61.8 Å². The van der Waals surface area contributed by atoms with Gasteiger partial charge in [0.2, 0.25) is 0 Å². The van der Waals surface area contributed by atoms with Gasteiger partial charge in [0.25, 0.3) is 0 Å². The highest BCUT2D eigenvalue weighted by atomic mass is 16.5. The van der Waals surface area contributed by atoms with Crippen LogP contribution in [0, 0.1) is 0 Å². The lowest BCUT2D eigenvalue weighted by Crippen LogP contribution is -2.40. The third kappa shape index (κ3) is 5.23. The minimum atomic E-state index is -0.660. The number of hydrogen-bond donors (Lipinski definition) is 2. The summed E-state index contributed by atoms with van der Waals surface area (Å²) in [6, 6.07) is 16.1. The van der Waals surface area contributed by atoms with Gasteiger partial charge in [-0.25, -0.2) is 4.79 Å². The Balaban J connectivity index is 1.54. The molecule has 0 bridgehead atoms. The summed E-state index contributed by atoms with van der Waals surface area (Å²) in [5.41, 5.74) is 2.65. The smallest absolute Gasteiger partial charge is 0.317 e. The number of likely N-dealkylation sites (tertiary alicyclic amines) is 1. The average Bonchev–Trinajstić information content (AvgIpc) is 2.87. The van der Waals surface area contributed by atoms with Gasteiger partial charge in [0.1, 0.15) is 5.75 Å². The summed E-state index contributed by atoms with van der Waals surface area (Å²) in [5.74, 6) is 0.841. The van der Waals surface area contributed by atoms with Crippen molar-refractivity contribution in [2.75, 3.05) is 20.2 Å². The fourth-order valence-electron chi connectivity index (χ4n) is 3.35. The predicted molar refractivity (Wildman–Crippen MR) is 107 cm³/mol. The SMILES string of the molecule is COc1ccc(-c2ccc(CNC(=O)N3CCCC(C)(O)CC3)cc2)cc1. The van der Waals surface area contributed by atoms with Crippen molar-refractivity contribution in [3.63, 3.8) is 0 Å². The van der Waals surface area contributed by atoms with Gasteiger partial charge < -0.3 is 20.1 Å². The summed E-state index contributed by atoms with van der Waals surface area (Å²) in [4.78, 5) is 14.2. The van der Waals surface area contributed by atoms with Crippen LogP contribution in [0.1, 0.15) is 31.7 Å². The molecule has 0 aromatic heterocycles. The highest BCUT2D eigenvalue weighted by Gasteiger charge is 2.26. The second kappa shape index (κ2) is 8.44. The largest absolute Gasteiger partial charge is 0.497 e. The maximum Gasteiger partial charge on any atom is 0.317 e. The summed E-state index contributed by atoms with van der Waals surface area (Å²) in [7, 11) is 1.66. The molecule has 2 amide bonds. The molecule has 2 aromatic carbocycles. The van der Waals surface area contributed by atoms with E-state index in [1.807, 2.05) is 43.3 Å². The van der Waals surface area contributed by atoms with Crippen molar-refractivity contribution in [2.45, 2.75) is 38.3 Å². The van der Waals surface area contributed by atoms with Gasteiger partial charge in [-0.1, -0.05) is 36.4 Å². The quantitative estimate of drug-likeness (QED) is 0.863. The van der Waals surface area contributed by atoms with Crippen LogP contribution in [0.25, 0.3) is 11.1 Å². The third-order valence-corrected chi connectivity index (χ3v) is 5.17. The van der Waals surface area contributed by atoms with Crippen LogP contribution < -0.4 is 10.1 Å². The summed E-state index contributed by atoms with van der Waals surface area (Å²) in [5, 5.41) is 13.1. The number of rotatable bonds is 4. The van der Waals surface area contributed by atoms with Crippen molar-refractivity contribution in [3.05, 3.63) is 54.1 Å². The van der Waals surface area contributed by atoms with E-state index in [2.05, 4.69) is 17.4 Å². The van der Waals surface area contributed by atoms with Gasteiger partial charge in [0.05, 0.1) is 12.7 Å². The Kier molecular flexibility index (Phi) is 6.01. The molecule has 1 unspecified atom stereocenters. The van der Waals surface area contributed by atoms with Crippen LogP contribution in [0.15, 0.2) is 48.5 Å². The number of carbonyl (C=O) groups excluding carboxylic acids is 1. The predicted octanol–water partition coefficient (Wildman–Crippen LogP) is 3.81. The van der Waals surface area contributed by atoms with Crippen molar-refractivity contribution >= 4 is 6.03 Å². The molecular formula is C22H28N2O3. The van der Waals surface area contributed by atoms with E-state index in [0.717, 1.165) is 35.3 Å². The third-order valence-electron chi connectivity index (χ3n) is 5.17. The second-order valence-corrected chi connectivity index (χ2v) is 7.42.